The van der Waals surface area contributed by atoms with Gasteiger partial charge >= 0.3 is 0 Å². The van der Waals surface area contributed by atoms with E-state index in [4.69, 9.17) is 0 Å². The van der Waals surface area contributed by atoms with Crippen molar-refractivity contribution in [1.82, 2.24) is 10.2 Å². The molecule has 3 heterocycles. The Bertz CT molecular complexity index is 487. The van der Waals surface area contributed by atoms with Gasteiger partial charge in [-0.1, -0.05) is 0 Å². The van der Waals surface area contributed by atoms with E-state index in [1.54, 1.807) is 10.4 Å². The van der Waals surface area contributed by atoms with E-state index in [0.29, 0.717) is 6.04 Å². The van der Waals surface area contributed by atoms with Gasteiger partial charge in [0.25, 0.3) is 0 Å². The van der Waals surface area contributed by atoms with Crippen LogP contribution in [0.1, 0.15) is 55.0 Å². The molecule has 4 heteroatoms. The third-order valence-corrected chi connectivity index (χ3v) is 7.31. The fourth-order valence-electron chi connectivity index (χ4n) is 4.35. The van der Waals surface area contributed by atoms with Crippen molar-refractivity contribution in [2.75, 3.05) is 13.1 Å². The van der Waals surface area contributed by atoms with Crippen molar-refractivity contribution >= 4 is 33.9 Å². The minimum absolute atomic E-state index is 0.636. The maximum atomic E-state index is 4.02. The molecule has 2 aliphatic heterocycles. The van der Waals surface area contributed by atoms with Crippen LogP contribution < -0.4 is 5.32 Å². The topological polar surface area (TPSA) is 15.3 Å². The van der Waals surface area contributed by atoms with E-state index in [0.717, 1.165) is 12.1 Å². The van der Waals surface area contributed by atoms with Gasteiger partial charge in [-0.25, -0.2) is 0 Å². The molecule has 3 atom stereocenters. The molecule has 2 fully saturated rings. The fourth-order valence-corrected chi connectivity index (χ4v) is 6.47. The summed E-state index contributed by atoms with van der Waals surface area (Å²) in [5, 5.41) is 4.02. The first-order valence-corrected chi connectivity index (χ1v) is 9.97. The van der Waals surface area contributed by atoms with Crippen LogP contribution in [0, 0.1) is 2.88 Å². The van der Waals surface area contributed by atoms with E-state index in [2.05, 4.69) is 38.9 Å². The molecule has 1 N–H and O–H groups in total. The summed E-state index contributed by atoms with van der Waals surface area (Å²) < 4.78 is 1.46. The smallest absolute Gasteiger partial charge is 0.0659 e. The fraction of sp³-hybridized carbons (Fsp3) is 0.750. The SMILES string of the molecule is Ic1cc2c(s1)CCCC2NC1CCN2CCCC2C1. The second-order valence-corrected chi connectivity index (χ2v) is 9.62. The number of aryl methyl sites for hydroxylation is 1. The third-order valence-electron chi connectivity index (χ3n) is 5.34. The number of rotatable bonds is 2. The molecule has 0 radical (unpaired) electrons. The van der Waals surface area contributed by atoms with Gasteiger partial charge in [-0.2, -0.15) is 0 Å². The van der Waals surface area contributed by atoms with Crippen molar-refractivity contribution in [3.05, 3.63) is 19.4 Å². The summed E-state index contributed by atoms with van der Waals surface area (Å²) in [6.07, 6.45) is 9.60. The molecular formula is C16H23IN2S. The first kappa shape index (κ1) is 14.0. The van der Waals surface area contributed by atoms with Crippen LogP contribution in [-0.2, 0) is 6.42 Å². The van der Waals surface area contributed by atoms with Gasteiger partial charge in [0, 0.05) is 23.0 Å². The van der Waals surface area contributed by atoms with Gasteiger partial charge in [-0.3, -0.25) is 0 Å². The predicted octanol–water partition coefficient (Wildman–Crippen LogP) is 3.95. The van der Waals surface area contributed by atoms with Crippen molar-refractivity contribution in [2.45, 2.75) is 63.1 Å². The molecule has 1 aromatic rings. The van der Waals surface area contributed by atoms with Crippen LogP contribution in [0.5, 0.6) is 0 Å². The number of fused-ring (bicyclic) bond motifs is 2. The minimum atomic E-state index is 0.636. The molecule has 2 saturated heterocycles. The number of hydrogen-bond acceptors (Lipinski definition) is 3. The van der Waals surface area contributed by atoms with Crippen molar-refractivity contribution < 1.29 is 0 Å². The third kappa shape index (κ3) is 2.69. The van der Waals surface area contributed by atoms with Gasteiger partial charge in [-0.15, -0.1) is 11.3 Å². The molecule has 3 aliphatic rings. The van der Waals surface area contributed by atoms with Crippen LogP contribution in [0.15, 0.2) is 6.07 Å². The summed E-state index contributed by atoms with van der Waals surface area (Å²) in [5.74, 6) is 0. The van der Waals surface area contributed by atoms with Crippen molar-refractivity contribution in [3.8, 4) is 0 Å². The van der Waals surface area contributed by atoms with Crippen LogP contribution in [-0.4, -0.2) is 30.1 Å². The van der Waals surface area contributed by atoms with Crippen LogP contribution in [0.2, 0.25) is 0 Å². The summed E-state index contributed by atoms with van der Waals surface area (Å²) >= 11 is 4.50. The van der Waals surface area contributed by atoms with E-state index in [1.165, 1.54) is 60.9 Å². The predicted molar refractivity (Wildman–Crippen MR) is 93.5 cm³/mol. The molecule has 1 aromatic heterocycles. The van der Waals surface area contributed by atoms with Crippen molar-refractivity contribution in [2.24, 2.45) is 0 Å². The second-order valence-electron chi connectivity index (χ2n) is 6.59. The van der Waals surface area contributed by atoms with E-state index in [-0.39, 0.29) is 0 Å². The van der Waals surface area contributed by atoms with Crippen LogP contribution >= 0.6 is 33.9 Å². The molecule has 110 valence electrons. The number of hydrogen-bond donors (Lipinski definition) is 1. The highest BCUT2D eigenvalue weighted by molar-refractivity contribution is 14.1. The van der Waals surface area contributed by atoms with E-state index in [1.807, 2.05) is 11.3 Å². The Morgan fingerprint density at radius 2 is 2.15 bits per heavy atom. The molecule has 0 aromatic carbocycles. The Morgan fingerprint density at radius 1 is 1.20 bits per heavy atom. The molecule has 0 bridgehead atoms. The Balaban J connectivity index is 1.44. The Kier molecular flexibility index (Phi) is 4.09. The summed E-state index contributed by atoms with van der Waals surface area (Å²) in [6.45, 7) is 2.68. The monoisotopic (exact) mass is 402 g/mol. The lowest BCUT2D eigenvalue weighted by Gasteiger charge is -2.38. The molecule has 3 unspecified atom stereocenters. The summed E-state index contributed by atoms with van der Waals surface area (Å²) in [6, 6.07) is 4.70. The number of thiophene rings is 1. The maximum absolute atomic E-state index is 4.02. The summed E-state index contributed by atoms with van der Waals surface area (Å²) in [5.41, 5.74) is 1.62. The van der Waals surface area contributed by atoms with E-state index < -0.39 is 0 Å². The molecular weight excluding hydrogens is 379 g/mol. The molecule has 0 amide bonds. The molecule has 1 aliphatic carbocycles. The van der Waals surface area contributed by atoms with Gasteiger partial charge in [0.2, 0.25) is 0 Å². The number of piperidine rings is 1. The first-order chi connectivity index (χ1) is 9.79. The lowest BCUT2D eigenvalue weighted by Crippen LogP contribution is -2.46. The van der Waals surface area contributed by atoms with Crippen LogP contribution in [0.4, 0.5) is 0 Å². The number of halogens is 1. The number of nitrogens with one attached hydrogen (secondary N) is 1. The average Bonchev–Trinajstić information content (AvgIpc) is 3.04. The van der Waals surface area contributed by atoms with E-state index in [9.17, 15) is 0 Å². The largest absolute Gasteiger partial charge is 0.307 e. The zero-order valence-electron chi connectivity index (χ0n) is 11.9. The number of nitrogens with zero attached hydrogens (tertiary/aromatic N) is 1. The van der Waals surface area contributed by atoms with Crippen LogP contribution in [0.25, 0.3) is 0 Å². The zero-order chi connectivity index (χ0) is 13.5. The van der Waals surface area contributed by atoms with E-state index >= 15 is 0 Å². The Labute approximate surface area is 139 Å². The standard InChI is InChI=1S/C16H23IN2S/c17-16-10-13-14(4-1-5-15(13)20-16)18-11-6-8-19-7-2-3-12(19)9-11/h10-12,14,18H,1-9H2. The quantitative estimate of drug-likeness (QED) is 0.754. The maximum Gasteiger partial charge on any atom is 0.0659 e. The van der Waals surface area contributed by atoms with Gasteiger partial charge in [0.05, 0.1) is 2.88 Å². The minimum Gasteiger partial charge on any atom is -0.307 e. The van der Waals surface area contributed by atoms with Crippen molar-refractivity contribution in [3.63, 3.8) is 0 Å². The molecule has 20 heavy (non-hydrogen) atoms. The highest BCUT2D eigenvalue weighted by atomic mass is 127. The zero-order valence-corrected chi connectivity index (χ0v) is 14.9. The molecule has 0 spiro atoms. The first-order valence-electron chi connectivity index (χ1n) is 8.08. The van der Waals surface area contributed by atoms with Gasteiger partial charge in [-0.05, 0) is 92.3 Å². The van der Waals surface area contributed by atoms with Gasteiger partial charge in [0.15, 0.2) is 0 Å². The highest BCUT2D eigenvalue weighted by Crippen LogP contribution is 2.37. The Hall–Kier alpha value is 0.350. The molecule has 2 nitrogen and oxygen atoms in total. The second kappa shape index (κ2) is 5.86. The Morgan fingerprint density at radius 3 is 3.10 bits per heavy atom. The molecule has 0 saturated carbocycles. The van der Waals surface area contributed by atoms with Gasteiger partial charge in [0.1, 0.15) is 0 Å². The summed E-state index contributed by atoms with van der Waals surface area (Å²) in [4.78, 5) is 4.37. The van der Waals surface area contributed by atoms with Gasteiger partial charge < -0.3 is 10.2 Å². The lowest BCUT2D eigenvalue weighted by molar-refractivity contribution is 0.159. The normalized spacial score (nSPS) is 34.0. The highest BCUT2D eigenvalue weighted by Gasteiger charge is 2.33. The van der Waals surface area contributed by atoms with Crippen molar-refractivity contribution in [1.29, 1.82) is 0 Å². The average molecular weight is 402 g/mol. The lowest BCUT2D eigenvalue weighted by atomic mass is 9.91. The van der Waals surface area contributed by atoms with Crippen LogP contribution in [0.3, 0.4) is 0 Å². The molecule has 4 rings (SSSR count). The summed E-state index contributed by atoms with van der Waals surface area (Å²) in [7, 11) is 0.